The number of hydrogen-bond acceptors (Lipinski definition) is 3. The SMILES string of the molecule is CCCCNC(=O)COc1ccc(C=O)cc1F. The van der Waals surface area contributed by atoms with E-state index >= 15 is 0 Å². The number of unbranched alkanes of at least 4 members (excludes halogenated alkanes) is 1. The van der Waals surface area contributed by atoms with Gasteiger partial charge in [-0.2, -0.15) is 0 Å². The van der Waals surface area contributed by atoms with E-state index in [4.69, 9.17) is 4.74 Å². The molecule has 1 aromatic rings. The summed E-state index contributed by atoms with van der Waals surface area (Å²) >= 11 is 0. The third-order valence-electron chi connectivity index (χ3n) is 2.30. The number of rotatable bonds is 7. The molecule has 0 radical (unpaired) electrons. The van der Waals surface area contributed by atoms with Gasteiger partial charge in [-0.1, -0.05) is 13.3 Å². The van der Waals surface area contributed by atoms with Crippen LogP contribution >= 0.6 is 0 Å². The van der Waals surface area contributed by atoms with Gasteiger partial charge in [0, 0.05) is 12.1 Å². The Morgan fingerprint density at radius 1 is 1.50 bits per heavy atom. The monoisotopic (exact) mass is 253 g/mol. The molecule has 98 valence electrons. The van der Waals surface area contributed by atoms with E-state index in [0.717, 1.165) is 18.9 Å². The highest BCUT2D eigenvalue weighted by atomic mass is 19.1. The number of aldehydes is 1. The number of ether oxygens (including phenoxy) is 1. The van der Waals surface area contributed by atoms with E-state index in [1.807, 2.05) is 6.92 Å². The standard InChI is InChI=1S/C13H16FNO3/c1-2-3-6-15-13(17)9-18-12-5-4-10(8-16)7-11(12)14/h4-5,7-8H,2-3,6,9H2,1H3,(H,15,17). The summed E-state index contributed by atoms with van der Waals surface area (Å²) in [4.78, 5) is 21.7. The zero-order valence-corrected chi connectivity index (χ0v) is 10.2. The van der Waals surface area contributed by atoms with Gasteiger partial charge in [0.1, 0.15) is 6.29 Å². The van der Waals surface area contributed by atoms with Gasteiger partial charge in [0.2, 0.25) is 0 Å². The van der Waals surface area contributed by atoms with Gasteiger partial charge in [-0.25, -0.2) is 4.39 Å². The van der Waals surface area contributed by atoms with Crippen molar-refractivity contribution in [3.8, 4) is 5.75 Å². The lowest BCUT2D eigenvalue weighted by atomic mass is 10.2. The predicted molar refractivity (Wildman–Crippen MR) is 65.2 cm³/mol. The Bertz CT molecular complexity index is 421. The highest BCUT2D eigenvalue weighted by molar-refractivity contribution is 5.77. The fraction of sp³-hybridized carbons (Fsp3) is 0.385. The predicted octanol–water partition coefficient (Wildman–Crippen LogP) is 1.93. The van der Waals surface area contributed by atoms with Crippen LogP contribution in [0.2, 0.25) is 0 Å². The topological polar surface area (TPSA) is 55.4 Å². The van der Waals surface area contributed by atoms with Crippen molar-refractivity contribution in [1.82, 2.24) is 5.32 Å². The fourth-order valence-electron chi connectivity index (χ4n) is 1.31. The second-order valence-corrected chi connectivity index (χ2v) is 3.80. The summed E-state index contributed by atoms with van der Waals surface area (Å²) in [5.41, 5.74) is 0.229. The maximum Gasteiger partial charge on any atom is 0.257 e. The second-order valence-electron chi connectivity index (χ2n) is 3.80. The van der Waals surface area contributed by atoms with Gasteiger partial charge >= 0.3 is 0 Å². The van der Waals surface area contributed by atoms with Crippen molar-refractivity contribution in [2.45, 2.75) is 19.8 Å². The van der Waals surface area contributed by atoms with Crippen LogP contribution < -0.4 is 10.1 Å². The largest absolute Gasteiger partial charge is 0.481 e. The van der Waals surface area contributed by atoms with Crippen LogP contribution in [0.3, 0.4) is 0 Å². The third-order valence-corrected chi connectivity index (χ3v) is 2.30. The van der Waals surface area contributed by atoms with Crippen molar-refractivity contribution in [1.29, 1.82) is 0 Å². The average molecular weight is 253 g/mol. The van der Waals surface area contributed by atoms with E-state index in [1.54, 1.807) is 0 Å². The normalized spacial score (nSPS) is 9.89. The van der Waals surface area contributed by atoms with Crippen LogP contribution in [0.5, 0.6) is 5.75 Å². The number of carbonyl (C=O) groups is 2. The van der Waals surface area contributed by atoms with Crippen LogP contribution in [0.25, 0.3) is 0 Å². The molecule has 0 aliphatic carbocycles. The molecule has 0 heterocycles. The molecule has 1 rings (SSSR count). The van der Waals surface area contributed by atoms with E-state index in [0.29, 0.717) is 12.8 Å². The molecule has 0 aromatic heterocycles. The van der Waals surface area contributed by atoms with E-state index in [2.05, 4.69) is 5.32 Å². The summed E-state index contributed by atoms with van der Waals surface area (Å²) in [6.45, 7) is 2.37. The first kappa shape index (κ1) is 14.2. The van der Waals surface area contributed by atoms with Crippen LogP contribution in [0.1, 0.15) is 30.1 Å². The lowest BCUT2D eigenvalue weighted by Gasteiger charge is -2.08. The van der Waals surface area contributed by atoms with Crippen molar-refractivity contribution in [3.05, 3.63) is 29.6 Å². The third kappa shape index (κ3) is 4.53. The fourth-order valence-corrected chi connectivity index (χ4v) is 1.31. The minimum absolute atomic E-state index is 0.0359. The van der Waals surface area contributed by atoms with Crippen molar-refractivity contribution >= 4 is 12.2 Å². The highest BCUT2D eigenvalue weighted by Crippen LogP contribution is 2.17. The lowest BCUT2D eigenvalue weighted by Crippen LogP contribution is -2.29. The summed E-state index contributed by atoms with van der Waals surface area (Å²) in [5.74, 6) is -0.977. The van der Waals surface area contributed by atoms with Crippen LogP contribution in [-0.4, -0.2) is 25.3 Å². The quantitative estimate of drug-likeness (QED) is 0.596. The summed E-state index contributed by atoms with van der Waals surface area (Å²) < 4.78 is 18.4. The number of benzene rings is 1. The first-order valence-corrected chi connectivity index (χ1v) is 5.81. The van der Waals surface area contributed by atoms with Crippen LogP contribution in [0.15, 0.2) is 18.2 Å². The molecule has 4 nitrogen and oxygen atoms in total. The van der Waals surface area contributed by atoms with Gasteiger partial charge in [0.15, 0.2) is 18.2 Å². The Morgan fingerprint density at radius 3 is 2.89 bits per heavy atom. The van der Waals surface area contributed by atoms with E-state index in [-0.39, 0.29) is 23.8 Å². The lowest BCUT2D eigenvalue weighted by molar-refractivity contribution is -0.123. The first-order chi connectivity index (χ1) is 8.67. The summed E-state index contributed by atoms with van der Waals surface area (Å²) in [7, 11) is 0. The molecule has 1 amide bonds. The molecular weight excluding hydrogens is 237 g/mol. The number of hydrogen-bond donors (Lipinski definition) is 1. The van der Waals surface area contributed by atoms with Crippen molar-refractivity contribution in [3.63, 3.8) is 0 Å². The Labute approximate surface area is 105 Å². The minimum Gasteiger partial charge on any atom is -0.481 e. The van der Waals surface area contributed by atoms with Crippen LogP contribution in [0, 0.1) is 5.82 Å². The molecule has 0 unspecified atom stereocenters. The van der Waals surface area contributed by atoms with Gasteiger partial charge < -0.3 is 10.1 Å². The Balaban J connectivity index is 2.43. The second kappa shape index (κ2) is 7.42. The zero-order valence-electron chi connectivity index (χ0n) is 10.2. The van der Waals surface area contributed by atoms with E-state index in [1.165, 1.54) is 12.1 Å². The van der Waals surface area contributed by atoms with E-state index < -0.39 is 5.82 Å². The maximum absolute atomic E-state index is 13.4. The van der Waals surface area contributed by atoms with Gasteiger partial charge in [0.25, 0.3) is 5.91 Å². The number of carbonyl (C=O) groups excluding carboxylic acids is 2. The first-order valence-electron chi connectivity index (χ1n) is 5.81. The van der Waals surface area contributed by atoms with Gasteiger partial charge in [-0.15, -0.1) is 0 Å². The molecule has 0 atom stereocenters. The van der Waals surface area contributed by atoms with E-state index in [9.17, 15) is 14.0 Å². The summed E-state index contributed by atoms with van der Waals surface area (Å²) in [6, 6.07) is 3.83. The number of amides is 1. The average Bonchev–Trinajstić information content (AvgIpc) is 2.37. The minimum atomic E-state index is -0.652. The Kier molecular flexibility index (Phi) is 5.84. The van der Waals surface area contributed by atoms with Crippen molar-refractivity contribution in [2.75, 3.05) is 13.2 Å². The number of nitrogens with one attached hydrogen (secondary N) is 1. The molecule has 1 aromatic carbocycles. The molecule has 0 saturated heterocycles. The highest BCUT2D eigenvalue weighted by Gasteiger charge is 2.07. The maximum atomic E-state index is 13.4. The van der Waals surface area contributed by atoms with Crippen molar-refractivity contribution < 1.29 is 18.7 Å². The smallest absolute Gasteiger partial charge is 0.257 e. The molecule has 1 N–H and O–H groups in total. The summed E-state index contributed by atoms with van der Waals surface area (Å²) in [6.07, 6.45) is 2.43. The van der Waals surface area contributed by atoms with Gasteiger partial charge in [0.05, 0.1) is 0 Å². The summed E-state index contributed by atoms with van der Waals surface area (Å²) in [5, 5.41) is 2.65. The molecule has 5 heteroatoms. The van der Waals surface area contributed by atoms with Gasteiger partial charge in [-0.3, -0.25) is 9.59 Å². The molecule has 0 bridgehead atoms. The molecule has 0 spiro atoms. The van der Waals surface area contributed by atoms with Crippen LogP contribution in [-0.2, 0) is 4.79 Å². The van der Waals surface area contributed by atoms with Gasteiger partial charge in [-0.05, 0) is 24.6 Å². The Morgan fingerprint density at radius 2 is 2.28 bits per heavy atom. The zero-order chi connectivity index (χ0) is 13.4. The van der Waals surface area contributed by atoms with Crippen molar-refractivity contribution in [2.24, 2.45) is 0 Å². The molecule has 0 aliphatic heterocycles. The number of halogens is 1. The molecule has 0 fully saturated rings. The van der Waals surface area contributed by atoms with Crippen LogP contribution in [0.4, 0.5) is 4.39 Å². The molecule has 0 saturated carbocycles. The molecule has 0 aliphatic rings. The molecule has 18 heavy (non-hydrogen) atoms. The molecular formula is C13H16FNO3. The Hall–Kier alpha value is -1.91.